The van der Waals surface area contributed by atoms with Crippen molar-refractivity contribution in [2.75, 3.05) is 26.0 Å². The number of nitrogens with zero attached hydrogens (tertiary/aromatic N) is 2. The lowest BCUT2D eigenvalue weighted by atomic mass is 10.1. The van der Waals surface area contributed by atoms with Crippen molar-refractivity contribution >= 4 is 22.6 Å². The zero-order chi connectivity index (χ0) is 18.5. The zero-order valence-electron chi connectivity index (χ0n) is 14.7. The van der Waals surface area contributed by atoms with Crippen LogP contribution in [0.25, 0.3) is 10.9 Å². The van der Waals surface area contributed by atoms with Crippen molar-refractivity contribution in [2.24, 2.45) is 5.73 Å². The van der Waals surface area contributed by atoms with E-state index in [-0.39, 0.29) is 6.04 Å². The van der Waals surface area contributed by atoms with Gasteiger partial charge in [-0.05, 0) is 24.7 Å². The third-order valence-electron chi connectivity index (χ3n) is 4.13. The van der Waals surface area contributed by atoms with Crippen LogP contribution < -0.4 is 21.1 Å². The molecule has 7 heteroatoms. The van der Waals surface area contributed by atoms with Crippen molar-refractivity contribution in [2.45, 2.75) is 6.04 Å². The molecule has 134 valence electrons. The number of nitrogens with one attached hydrogen (secondary N) is 2. The molecule has 1 aromatic heterocycles. The Morgan fingerprint density at radius 1 is 1.23 bits per heavy atom. The molecule has 1 unspecified atom stereocenters. The van der Waals surface area contributed by atoms with Crippen LogP contribution in [-0.2, 0) is 0 Å². The Bertz CT molecular complexity index is 914. The van der Waals surface area contributed by atoms with Gasteiger partial charge in [0.15, 0.2) is 0 Å². The van der Waals surface area contributed by atoms with Gasteiger partial charge in [0, 0.05) is 11.9 Å². The lowest BCUT2D eigenvalue weighted by Crippen LogP contribution is -2.24. The van der Waals surface area contributed by atoms with Gasteiger partial charge in [-0.15, -0.1) is 0 Å². The Morgan fingerprint density at radius 2 is 2.00 bits per heavy atom. The van der Waals surface area contributed by atoms with E-state index in [0.29, 0.717) is 34.6 Å². The minimum absolute atomic E-state index is 0.0115. The Balaban J connectivity index is 2.09. The summed E-state index contributed by atoms with van der Waals surface area (Å²) in [6.07, 6.45) is 1.42. The van der Waals surface area contributed by atoms with E-state index in [1.165, 1.54) is 13.4 Å². The number of hydrogen-bond acceptors (Lipinski definition) is 6. The molecule has 0 aliphatic heterocycles. The number of anilines is 1. The summed E-state index contributed by atoms with van der Waals surface area (Å²) in [5, 5.41) is 7.30. The molecular formula is C19H21N5O2. The summed E-state index contributed by atoms with van der Waals surface area (Å²) < 4.78 is 5.30. The quantitative estimate of drug-likeness (QED) is 0.602. The molecular weight excluding hydrogens is 330 g/mol. The summed E-state index contributed by atoms with van der Waals surface area (Å²) >= 11 is 0. The van der Waals surface area contributed by atoms with Gasteiger partial charge in [-0.1, -0.05) is 30.3 Å². The molecule has 26 heavy (non-hydrogen) atoms. The Morgan fingerprint density at radius 3 is 2.65 bits per heavy atom. The SMILES string of the molecule is CNCC(Nc1ncnc2c(C(N)=O)cc(OC)cc12)c1ccccc1. The number of carbonyl (C=O) groups is 1. The second kappa shape index (κ2) is 7.79. The molecule has 0 radical (unpaired) electrons. The van der Waals surface area contributed by atoms with Crippen molar-refractivity contribution in [1.82, 2.24) is 15.3 Å². The summed E-state index contributed by atoms with van der Waals surface area (Å²) in [5.74, 6) is 0.572. The molecule has 0 aliphatic rings. The highest BCUT2D eigenvalue weighted by molar-refractivity contribution is 6.07. The van der Waals surface area contributed by atoms with Crippen LogP contribution in [0.4, 0.5) is 5.82 Å². The smallest absolute Gasteiger partial charge is 0.251 e. The highest BCUT2D eigenvalue weighted by Crippen LogP contribution is 2.29. The van der Waals surface area contributed by atoms with Gasteiger partial charge < -0.3 is 21.1 Å². The van der Waals surface area contributed by atoms with Gasteiger partial charge in [-0.25, -0.2) is 9.97 Å². The number of likely N-dealkylation sites (N-methyl/N-ethyl adjacent to an activating group) is 1. The van der Waals surface area contributed by atoms with Crippen LogP contribution in [0.1, 0.15) is 22.0 Å². The van der Waals surface area contributed by atoms with Gasteiger partial charge in [0.25, 0.3) is 5.91 Å². The molecule has 1 amide bonds. The average molecular weight is 351 g/mol. The second-order valence-electron chi connectivity index (χ2n) is 5.82. The lowest BCUT2D eigenvalue weighted by molar-refractivity contribution is 0.100. The van der Waals surface area contributed by atoms with Crippen molar-refractivity contribution in [1.29, 1.82) is 0 Å². The number of methoxy groups -OCH3 is 1. The number of nitrogens with two attached hydrogens (primary N) is 1. The zero-order valence-corrected chi connectivity index (χ0v) is 14.7. The fourth-order valence-electron chi connectivity index (χ4n) is 2.87. The first-order chi connectivity index (χ1) is 12.6. The van der Waals surface area contributed by atoms with Crippen LogP contribution >= 0.6 is 0 Å². The first kappa shape index (κ1) is 17.6. The van der Waals surface area contributed by atoms with Crippen molar-refractivity contribution < 1.29 is 9.53 Å². The largest absolute Gasteiger partial charge is 0.497 e. The fraction of sp³-hybridized carbons (Fsp3) is 0.211. The molecule has 3 aromatic rings. The van der Waals surface area contributed by atoms with Gasteiger partial charge in [0.2, 0.25) is 0 Å². The van der Waals surface area contributed by atoms with Crippen LogP contribution in [-0.4, -0.2) is 36.6 Å². The molecule has 0 spiro atoms. The Hall–Kier alpha value is -3.19. The predicted molar refractivity (Wildman–Crippen MR) is 101 cm³/mol. The highest BCUT2D eigenvalue weighted by atomic mass is 16.5. The maximum atomic E-state index is 11.8. The third-order valence-corrected chi connectivity index (χ3v) is 4.13. The number of carbonyl (C=O) groups excluding carboxylic acids is 1. The summed E-state index contributed by atoms with van der Waals surface area (Å²) in [4.78, 5) is 20.4. The predicted octanol–water partition coefficient (Wildman–Crippen LogP) is 2.11. The standard InChI is InChI=1S/C19H21N5O2/c1-21-10-16(12-6-4-3-5-7-12)24-19-15-9-13(26-2)8-14(18(20)25)17(15)22-11-23-19/h3-9,11,16,21H,10H2,1-2H3,(H2,20,25)(H,22,23,24). The van der Waals surface area contributed by atoms with Crippen LogP contribution in [0.3, 0.4) is 0 Å². The monoisotopic (exact) mass is 351 g/mol. The molecule has 0 fully saturated rings. The first-order valence-corrected chi connectivity index (χ1v) is 8.22. The summed E-state index contributed by atoms with van der Waals surface area (Å²) in [7, 11) is 3.43. The topological polar surface area (TPSA) is 102 Å². The first-order valence-electron chi connectivity index (χ1n) is 8.22. The minimum atomic E-state index is -0.562. The van der Waals surface area contributed by atoms with Crippen LogP contribution in [0, 0.1) is 0 Å². The van der Waals surface area contributed by atoms with Gasteiger partial charge in [-0.2, -0.15) is 0 Å². The van der Waals surface area contributed by atoms with Crippen molar-refractivity contribution in [3.8, 4) is 5.75 Å². The molecule has 0 saturated carbocycles. The van der Waals surface area contributed by atoms with E-state index in [0.717, 1.165) is 5.56 Å². The van der Waals surface area contributed by atoms with Gasteiger partial charge >= 0.3 is 0 Å². The van der Waals surface area contributed by atoms with E-state index in [9.17, 15) is 4.79 Å². The number of hydrogen-bond donors (Lipinski definition) is 3. The molecule has 1 atom stereocenters. The number of amides is 1. The molecule has 1 heterocycles. The molecule has 0 saturated heterocycles. The van der Waals surface area contributed by atoms with E-state index in [2.05, 4.69) is 20.6 Å². The number of aromatic nitrogens is 2. The van der Waals surface area contributed by atoms with E-state index in [4.69, 9.17) is 10.5 Å². The van der Waals surface area contributed by atoms with Gasteiger partial charge in [0.1, 0.15) is 17.9 Å². The molecule has 4 N–H and O–H groups in total. The number of ether oxygens (including phenoxy) is 1. The van der Waals surface area contributed by atoms with E-state index in [1.54, 1.807) is 12.1 Å². The number of rotatable bonds is 7. The Labute approximate surface area is 151 Å². The second-order valence-corrected chi connectivity index (χ2v) is 5.82. The van der Waals surface area contributed by atoms with E-state index < -0.39 is 5.91 Å². The van der Waals surface area contributed by atoms with Crippen LogP contribution in [0.5, 0.6) is 5.75 Å². The molecule has 2 aromatic carbocycles. The molecule has 0 aliphatic carbocycles. The van der Waals surface area contributed by atoms with E-state index in [1.807, 2.05) is 37.4 Å². The molecule has 7 nitrogen and oxygen atoms in total. The van der Waals surface area contributed by atoms with Crippen LogP contribution in [0.15, 0.2) is 48.8 Å². The average Bonchev–Trinajstić information content (AvgIpc) is 2.67. The lowest BCUT2D eigenvalue weighted by Gasteiger charge is -2.20. The van der Waals surface area contributed by atoms with Crippen LogP contribution in [0.2, 0.25) is 0 Å². The molecule has 0 bridgehead atoms. The fourth-order valence-corrected chi connectivity index (χ4v) is 2.87. The Kier molecular flexibility index (Phi) is 5.28. The maximum Gasteiger partial charge on any atom is 0.251 e. The normalized spacial score (nSPS) is 11.9. The van der Waals surface area contributed by atoms with E-state index >= 15 is 0 Å². The van der Waals surface area contributed by atoms with Gasteiger partial charge in [0.05, 0.1) is 24.2 Å². The summed E-state index contributed by atoms with van der Waals surface area (Å²) in [6.45, 7) is 0.697. The summed E-state index contributed by atoms with van der Waals surface area (Å²) in [6, 6.07) is 13.4. The molecule has 3 rings (SSSR count). The number of primary amides is 1. The van der Waals surface area contributed by atoms with Gasteiger partial charge in [-0.3, -0.25) is 4.79 Å². The third kappa shape index (κ3) is 3.57. The summed E-state index contributed by atoms with van der Waals surface area (Å²) in [5.41, 5.74) is 7.42. The highest BCUT2D eigenvalue weighted by Gasteiger charge is 2.17. The van der Waals surface area contributed by atoms with Crippen molar-refractivity contribution in [3.63, 3.8) is 0 Å². The van der Waals surface area contributed by atoms with Crippen molar-refractivity contribution in [3.05, 3.63) is 59.9 Å². The number of fused-ring (bicyclic) bond motifs is 1. The maximum absolute atomic E-state index is 11.8. The number of benzene rings is 2. The minimum Gasteiger partial charge on any atom is -0.497 e.